The van der Waals surface area contributed by atoms with Gasteiger partial charge >= 0.3 is 5.97 Å². The molecule has 1 rings (SSSR count). The third-order valence-electron chi connectivity index (χ3n) is 1.80. The minimum Gasteiger partial charge on any atom is -0.453 e. The van der Waals surface area contributed by atoms with Crippen molar-refractivity contribution in [1.29, 1.82) is 0 Å². The summed E-state index contributed by atoms with van der Waals surface area (Å²) in [5.74, 6) is -1.49. The van der Waals surface area contributed by atoms with Crippen LogP contribution in [0.15, 0.2) is 24.3 Å². The van der Waals surface area contributed by atoms with Crippen LogP contribution in [-0.2, 0) is 14.3 Å². The van der Waals surface area contributed by atoms with E-state index < -0.39 is 23.8 Å². The molecule has 1 aromatic carbocycles. The van der Waals surface area contributed by atoms with Crippen molar-refractivity contribution in [1.82, 2.24) is 0 Å². The molecule has 86 valence electrons. The fourth-order valence-electron chi connectivity index (χ4n) is 1.11. The predicted molar refractivity (Wildman–Crippen MR) is 56.3 cm³/mol. The second-order valence-electron chi connectivity index (χ2n) is 3.25. The van der Waals surface area contributed by atoms with Crippen molar-refractivity contribution in [2.45, 2.75) is 20.0 Å². The van der Waals surface area contributed by atoms with Gasteiger partial charge in [-0.2, -0.15) is 0 Å². The van der Waals surface area contributed by atoms with Gasteiger partial charge < -0.3 is 10.1 Å². The Morgan fingerprint density at radius 2 is 2.12 bits per heavy atom. The summed E-state index contributed by atoms with van der Waals surface area (Å²) in [6.07, 6.45) is -0.902. The van der Waals surface area contributed by atoms with E-state index in [1.54, 1.807) is 6.07 Å². The molecule has 0 aliphatic heterocycles. The molecule has 0 heterocycles. The highest BCUT2D eigenvalue weighted by atomic mass is 19.1. The molecular formula is C11H12FNO3. The molecule has 5 heteroatoms. The predicted octanol–water partition coefficient (Wildman–Crippen LogP) is 1.72. The summed E-state index contributed by atoms with van der Waals surface area (Å²) < 4.78 is 17.5. The first kappa shape index (κ1) is 12.2. The van der Waals surface area contributed by atoms with Gasteiger partial charge in [-0.15, -0.1) is 0 Å². The molecule has 0 radical (unpaired) electrons. The maximum Gasteiger partial charge on any atom is 0.303 e. The molecule has 0 aliphatic carbocycles. The van der Waals surface area contributed by atoms with Crippen molar-refractivity contribution in [2.24, 2.45) is 0 Å². The van der Waals surface area contributed by atoms with E-state index >= 15 is 0 Å². The Morgan fingerprint density at radius 3 is 2.69 bits per heavy atom. The van der Waals surface area contributed by atoms with Gasteiger partial charge in [-0.1, -0.05) is 6.07 Å². The summed E-state index contributed by atoms with van der Waals surface area (Å²) in [5, 5.41) is 2.43. The van der Waals surface area contributed by atoms with Crippen LogP contribution in [-0.4, -0.2) is 18.0 Å². The van der Waals surface area contributed by atoms with Crippen LogP contribution in [0.4, 0.5) is 10.1 Å². The number of nitrogens with one attached hydrogen (secondary N) is 1. The highest BCUT2D eigenvalue weighted by Gasteiger charge is 2.15. The van der Waals surface area contributed by atoms with Gasteiger partial charge in [-0.3, -0.25) is 9.59 Å². The number of hydrogen-bond acceptors (Lipinski definition) is 3. The van der Waals surface area contributed by atoms with Crippen molar-refractivity contribution in [3.63, 3.8) is 0 Å². The Morgan fingerprint density at radius 1 is 1.44 bits per heavy atom. The number of halogens is 1. The Balaban J connectivity index is 2.60. The van der Waals surface area contributed by atoms with Gasteiger partial charge in [-0.05, 0) is 25.1 Å². The Bertz CT molecular complexity index is 406. The highest BCUT2D eigenvalue weighted by molar-refractivity contribution is 5.94. The molecule has 0 saturated carbocycles. The van der Waals surface area contributed by atoms with Gasteiger partial charge in [-0.25, -0.2) is 4.39 Å². The van der Waals surface area contributed by atoms with E-state index in [1.165, 1.54) is 32.0 Å². The van der Waals surface area contributed by atoms with E-state index in [2.05, 4.69) is 10.1 Å². The summed E-state index contributed by atoms with van der Waals surface area (Å²) in [6, 6.07) is 5.46. The lowest BCUT2D eigenvalue weighted by atomic mass is 10.3. The molecule has 1 atom stereocenters. The zero-order valence-corrected chi connectivity index (χ0v) is 8.99. The number of rotatable bonds is 3. The lowest BCUT2D eigenvalue weighted by Gasteiger charge is -2.11. The van der Waals surface area contributed by atoms with Crippen LogP contribution < -0.4 is 5.32 Å². The van der Waals surface area contributed by atoms with Gasteiger partial charge in [0.25, 0.3) is 5.91 Å². The van der Waals surface area contributed by atoms with Crippen LogP contribution in [0, 0.1) is 5.82 Å². The van der Waals surface area contributed by atoms with E-state index in [0.29, 0.717) is 5.69 Å². The molecule has 16 heavy (non-hydrogen) atoms. The van der Waals surface area contributed by atoms with Crippen molar-refractivity contribution < 1.29 is 18.7 Å². The number of carbonyl (C=O) groups is 2. The first-order valence-corrected chi connectivity index (χ1v) is 4.72. The lowest BCUT2D eigenvalue weighted by Crippen LogP contribution is -2.29. The van der Waals surface area contributed by atoms with E-state index in [-0.39, 0.29) is 0 Å². The molecule has 0 aromatic heterocycles. The average Bonchev–Trinajstić information content (AvgIpc) is 2.16. The largest absolute Gasteiger partial charge is 0.453 e. The Hall–Kier alpha value is -1.91. The molecule has 0 bridgehead atoms. The van der Waals surface area contributed by atoms with Gasteiger partial charge in [0.1, 0.15) is 5.82 Å². The molecule has 0 aliphatic rings. The third kappa shape index (κ3) is 3.68. The maximum atomic E-state index is 12.8. The van der Waals surface area contributed by atoms with Crippen LogP contribution >= 0.6 is 0 Å². The third-order valence-corrected chi connectivity index (χ3v) is 1.80. The minimum absolute atomic E-state index is 0.323. The second kappa shape index (κ2) is 5.25. The maximum absolute atomic E-state index is 12.8. The second-order valence-corrected chi connectivity index (χ2v) is 3.25. The first-order chi connectivity index (χ1) is 7.49. The van der Waals surface area contributed by atoms with Crippen molar-refractivity contribution in [3.8, 4) is 0 Å². The highest BCUT2D eigenvalue weighted by Crippen LogP contribution is 2.09. The van der Waals surface area contributed by atoms with E-state index in [4.69, 9.17) is 0 Å². The fraction of sp³-hybridized carbons (Fsp3) is 0.273. The summed E-state index contributed by atoms with van der Waals surface area (Å²) in [7, 11) is 0. The topological polar surface area (TPSA) is 55.4 Å². The molecule has 0 fully saturated rings. The van der Waals surface area contributed by atoms with Crippen molar-refractivity contribution in [2.75, 3.05) is 5.32 Å². The zero-order valence-electron chi connectivity index (χ0n) is 8.99. The molecule has 4 nitrogen and oxygen atoms in total. The van der Waals surface area contributed by atoms with Crippen molar-refractivity contribution >= 4 is 17.6 Å². The normalized spacial score (nSPS) is 11.7. The number of esters is 1. The lowest BCUT2D eigenvalue weighted by molar-refractivity contribution is -0.150. The first-order valence-electron chi connectivity index (χ1n) is 4.72. The van der Waals surface area contributed by atoms with E-state index in [0.717, 1.165) is 0 Å². The summed E-state index contributed by atoms with van der Waals surface area (Å²) in [4.78, 5) is 22.1. The Labute approximate surface area is 92.4 Å². The van der Waals surface area contributed by atoms with Crippen molar-refractivity contribution in [3.05, 3.63) is 30.1 Å². The molecule has 0 saturated heterocycles. The SMILES string of the molecule is CC(=O)O[C@@H](C)C(=O)Nc1cccc(F)c1. The van der Waals surface area contributed by atoms with Gasteiger partial charge in [0.15, 0.2) is 6.10 Å². The summed E-state index contributed by atoms with van der Waals surface area (Å²) in [6.45, 7) is 2.65. The molecule has 1 N–H and O–H groups in total. The quantitative estimate of drug-likeness (QED) is 0.797. The van der Waals surface area contributed by atoms with Crippen LogP contribution in [0.5, 0.6) is 0 Å². The molecule has 0 unspecified atom stereocenters. The number of ether oxygens (including phenoxy) is 1. The van der Waals surface area contributed by atoms with Gasteiger partial charge in [0.05, 0.1) is 0 Å². The number of hydrogen-bond donors (Lipinski definition) is 1. The minimum atomic E-state index is -0.902. The average molecular weight is 225 g/mol. The molecule has 1 aromatic rings. The van der Waals surface area contributed by atoms with Crippen LogP contribution in [0.25, 0.3) is 0 Å². The Kier molecular flexibility index (Phi) is 3.99. The number of amides is 1. The number of anilines is 1. The molecule has 0 spiro atoms. The number of carbonyl (C=O) groups excluding carboxylic acids is 2. The van der Waals surface area contributed by atoms with Gasteiger partial charge in [0, 0.05) is 12.6 Å². The van der Waals surface area contributed by atoms with E-state index in [9.17, 15) is 14.0 Å². The summed E-state index contributed by atoms with van der Waals surface area (Å²) in [5.41, 5.74) is 0.323. The van der Waals surface area contributed by atoms with Crippen LogP contribution in [0.3, 0.4) is 0 Å². The standard InChI is InChI=1S/C11H12FNO3/c1-7(16-8(2)14)11(15)13-10-5-3-4-9(12)6-10/h3-7H,1-2H3,(H,13,15)/t7-/m0/s1. The molecular weight excluding hydrogens is 213 g/mol. The number of benzene rings is 1. The van der Waals surface area contributed by atoms with Gasteiger partial charge in [0.2, 0.25) is 0 Å². The zero-order chi connectivity index (χ0) is 12.1. The summed E-state index contributed by atoms with van der Waals surface area (Å²) >= 11 is 0. The van der Waals surface area contributed by atoms with Crippen LogP contribution in [0.2, 0.25) is 0 Å². The fourth-order valence-corrected chi connectivity index (χ4v) is 1.11. The van der Waals surface area contributed by atoms with E-state index in [1.807, 2.05) is 0 Å². The van der Waals surface area contributed by atoms with Crippen LogP contribution in [0.1, 0.15) is 13.8 Å². The monoisotopic (exact) mass is 225 g/mol. The molecule has 1 amide bonds. The smallest absolute Gasteiger partial charge is 0.303 e.